The van der Waals surface area contributed by atoms with E-state index in [1.165, 1.54) is 4.90 Å². The van der Waals surface area contributed by atoms with Gasteiger partial charge in [0.05, 0.1) is 13.2 Å². The first-order valence-electron chi connectivity index (χ1n) is 6.04. The van der Waals surface area contributed by atoms with Gasteiger partial charge in [-0.1, -0.05) is 12.1 Å². The number of hydrogen-bond acceptors (Lipinski definition) is 4. The predicted octanol–water partition coefficient (Wildman–Crippen LogP) is 0.0709. The number of carbonyl (C=O) groups is 2. The zero-order chi connectivity index (χ0) is 13.8. The number of nitrogens with zero attached hydrogens (tertiary/aromatic N) is 1. The lowest BCUT2D eigenvalue weighted by molar-refractivity contribution is -0.147. The van der Waals surface area contributed by atoms with Gasteiger partial charge < -0.3 is 20.5 Å². The lowest BCUT2D eigenvalue weighted by Gasteiger charge is -2.32. The molecule has 1 atom stereocenters. The molecule has 0 aliphatic carbocycles. The van der Waals surface area contributed by atoms with Gasteiger partial charge in [-0.05, 0) is 17.7 Å². The molecular formula is C13H16N2O4. The van der Waals surface area contributed by atoms with Gasteiger partial charge >= 0.3 is 5.97 Å². The van der Waals surface area contributed by atoms with Crippen molar-refractivity contribution in [3.63, 3.8) is 0 Å². The molecule has 6 heteroatoms. The summed E-state index contributed by atoms with van der Waals surface area (Å²) in [7, 11) is 0. The number of carboxylic acid groups (broad SMARTS) is 1. The van der Waals surface area contributed by atoms with E-state index in [1.807, 2.05) is 0 Å². The molecule has 0 bridgehead atoms. The summed E-state index contributed by atoms with van der Waals surface area (Å²) < 4.78 is 5.10. The van der Waals surface area contributed by atoms with Crippen LogP contribution in [0.5, 0.6) is 0 Å². The first-order valence-corrected chi connectivity index (χ1v) is 6.04. The van der Waals surface area contributed by atoms with E-state index in [-0.39, 0.29) is 19.1 Å². The number of hydrogen-bond donors (Lipinski definition) is 2. The van der Waals surface area contributed by atoms with Crippen LogP contribution in [0.1, 0.15) is 15.9 Å². The molecule has 2 rings (SSSR count). The Morgan fingerprint density at radius 2 is 2.05 bits per heavy atom. The topological polar surface area (TPSA) is 92.9 Å². The highest BCUT2D eigenvalue weighted by Crippen LogP contribution is 2.13. The Labute approximate surface area is 110 Å². The maximum absolute atomic E-state index is 12.3. The molecule has 1 saturated heterocycles. The minimum absolute atomic E-state index is 0.0297. The summed E-state index contributed by atoms with van der Waals surface area (Å²) >= 11 is 0. The lowest BCUT2D eigenvalue weighted by Crippen LogP contribution is -2.52. The molecule has 1 unspecified atom stereocenters. The molecule has 102 valence electrons. The van der Waals surface area contributed by atoms with Crippen molar-refractivity contribution in [2.45, 2.75) is 12.6 Å². The molecule has 0 radical (unpaired) electrons. The second-order valence-electron chi connectivity index (χ2n) is 4.33. The van der Waals surface area contributed by atoms with Gasteiger partial charge in [0.25, 0.3) is 5.91 Å². The lowest BCUT2D eigenvalue weighted by atomic mass is 10.1. The van der Waals surface area contributed by atoms with E-state index in [9.17, 15) is 9.59 Å². The van der Waals surface area contributed by atoms with Gasteiger partial charge in [0.2, 0.25) is 0 Å². The molecule has 1 aliphatic rings. The number of benzene rings is 1. The van der Waals surface area contributed by atoms with Gasteiger partial charge in [0.1, 0.15) is 0 Å². The van der Waals surface area contributed by atoms with Gasteiger partial charge in [-0.15, -0.1) is 0 Å². The molecule has 0 spiro atoms. The summed E-state index contributed by atoms with van der Waals surface area (Å²) in [5, 5.41) is 9.10. The molecule has 1 fully saturated rings. The average molecular weight is 264 g/mol. The largest absolute Gasteiger partial charge is 0.480 e. The fourth-order valence-electron chi connectivity index (χ4n) is 2.00. The third-order valence-corrected chi connectivity index (χ3v) is 3.11. The van der Waals surface area contributed by atoms with Crippen molar-refractivity contribution in [2.75, 3.05) is 19.8 Å². The summed E-state index contributed by atoms with van der Waals surface area (Å²) in [6.07, 6.45) is 0. The van der Waals surface area contributed by atoms with E-state index in [2.05, 4.69) is 0 Å². The Bertz CT molecular complexity index is 472. The van der Waals surface area contributed by atoms with Gasteiger partial charge in [0.15, 0.2) is 6.04 Å². The van der Waals surface area contributed by atoms with Gasteiger partial charge in [-0.3, -0.25) is 4.79 Å². The van der Waals surface area contributed by atoms with Crippen LogP contribution in [0.15, 0.2) is 24.3 Å². The number of morpholine rings is 1. The zero-order valence-electron chi connectivity index (χ0n) is 10.4. The maximum atomic E-state index is 12.3. The number of aliphatic carboxylic acids is 1. The van der Waals surface area contributed by atoms with Crippen molar-refractivity contribution < 1.29 is 19.4 Å². The molecule has 0 saturated carbocycles. The van der Waals surface area contributed by atoms with Gasteiger partial charge in [0, 0.05) is 18.7 Å². The van der Waals surface area contributed by atoms with Crippen LogP contribution in [0.4, 0.5) is 0 Å². The van der Waals surface area contributed by atoms with Crippen LogP contribution >= 0.6 is 0 Å². The summed E-state index contributed by atoms with van der Waals surface area (Å²) in [5.74, 6) is -1.34. The first kappa shape index (κ1) is 13.5. The molecule has 6 nitrogen and oxygen atoms in total. The molecule has 1 aromatic rings. The highest BCUT2D eigenvalue weighted by molar-refractivity contribution is 5.96. The van der Waals surface area contributed by atoms with E-state index in [0.717, 1.165) is 5.56 Å². The monoisotopic (exact) mass is 264 g/mol. The van der Waals surface area contributed by atoms with E-state index in [4.69, 9.17) is 15.6 Å². The Hall–Kier alpha value is -1.92. The highest BCUT2D eigenvalue weighted by atomic mass is 16.5. The van der Waals surface area contributed by atoms with E-state index >= 15 is 0 Å². The van der Waals surface area contributed by atoms with Crippen molar-refractivity contribution in [3.05, 3.63) is 35.4 Å². The van der Waals surface area contributed by atoms with Crippen molar-refractivity contribution in [2.24, 2.45) is 5.73 Å². The normalized spacial score (nSPS) is 19.2. The highest BCUT2D eigenvalue weighted by Gasteiger charge is 2.33. The molecule has 1 heterocycles. The third-order valence-electron chi connectivity index (χ3n) is 3.11. The Balaban J connectivity index is 2.18. The summed E-state index contributed by atoms with van der Waals surface area (Å²) in [5.41, 5.74) is 6.88. The average Bonchev–Trinajstić information content (AvgIpc) is 2.46. The number of carboxylic acids is 1. The van der Waals surface area contributed by atoms with Crippen LogP contribution in [0, 0.1) is 0 Å². The number of nitrogens with two attached hydrogens (primary N) is 1. The first-order chi connectivity index (χ1) is 9.13. The number of rotatable bonds is 3. The van der Waals surface area contributed by atoms with Crippen LogP contribution in [0.2, 0.25) is 0 Å². The van der Waals surface area contributed by atoms with E-state index in [1.54, 1.807) is 24.3 Å². The quantitative estimate of drug-likeness (QED) is 0.806. The molecule has 1 amide bonds. The van der Waals surface area contributed by atoms with Crippen LogP contribution in [0.25, 0.3) is 0 Å². The summed E-state index contributed by atoms with van der Waals surface area (Å²) in [4.78, 5) is 24.7. The van der Waals surface area contributed by atoms with E-state index < -0.39 is 12.0 Å². The van der Waals surface area contributed by atoms with Gasteiger partial charge in [-0.2, -0.15) is 0 Å². The second-order valence-corrected chi connectivity index (χ2v) is 4.33. The SMILES string of the molecule is NCc1ccc(C(=O)N2CCOCC2C(=O)O)cc1. The fourth-order valence-corrected chi connectivity index (χ4v) is 2.00. The Morgan fingerprint density at radius 1 is 1.37 bits per heavy atom. The minimum atomic E-state index is -1.05. The molecule has 0 aromatic heterocycles. The number of amides is 1. The van der Waals surface area contributed by atoms with E-state index in [0.29, 0.717) is 18.7 Å². The van der Waals surface area contributed by atoms with Crippen molar-refractivity contribution in [1.82, 2.24) is 4.90 Å². The molecule has 19 heavy (non-hydrogen) atoms. The van der Waals surface area contributed by atoms with Crippen LogP contribution in [-0.2, 0) is 16.1 Å². The second kappa shape index (κ2) is 5.81. The minimum Gasteiger partial charge on any atom is -0.480 e. The van der Waals surface area contributed by atoms with Crippen molar-refractivity contribution in [1.29, 1.82) is 0 Å². The van der Waals surface area contributed by atoms with Crippen LogP contribution in [0.3, 0.4) is 0 Å². The number of carbonyl (C=O) groups excluding carboxylic acids is 1. The van der Waals surface area contributed by atoms with Crippen LogP contribution in [-0.4, -0.2) is 47.7 Å². The predicted molar refractivity (Wildman–Crippen MR) is 67.6 cm³/mol. The van der Waals surface area contributed by atoms with Crippen molar-refractivity contribution >= 4 is 11.9 Å². The van der Waals surface area contributed by atoms with Gasteiger partial charge in [-0.25, -0.2) is 4.79 Å². The fraction of sp³-hybridized carbons (Fsp3) is 0.385. The molecular weight excluding hydrogens is 248 g/mol. The maximum Gasteiger partial charge on any atom is 0.328 e. The molecule has 1 aliphatic heterocycles. The molecule has 3 N–H and O–H groups in total. The number of ether oxygens (including phenoxy) is 1. The third kappa shape index (κ3) is 2.91. The zero-order valence-corrected chi connectivity index (χ0v) is 10.4. The van der Waals surface area contributed by atoms with Crippen LogP contribution < -0.4 is 5.73 Å². The van der Waals surface area contributed by atoms with Crippen molar-refractivity contribution in [3.8, 4) is 0 Å². The molecule has 1 aromatic carbocycles. The summed E-state index contributed by atoms with van der Waals surface area (Å²) in [6.45, 7) is 1.08. The summed E-state index contributed by atoms with van der Waals surface area (Å²) in [6, 6.07) is 5.94. The standard InChI is InChI=1S/C13H16N2O4/c14-7-9-1-3-10(4-2-9)12(16)15-5-6-19-8-11(15)13(17)18/h1-4,11H,5-8,14H2,(H,17,18). The Morgan fingerprint density at radius 3 is 2.63 bits per heavy atom. The smallest absolute Gasteiger partial charge is 0.328 e. The Kier molecular flexibility index (Phi) is 4.13.